The molecule has 5 nitrogen and oxygen atoms in total. The molecule has 0 unspecified atom stereocenters. The Bertz CT molecular complexity index is 1050. The number of nitrogens with one attached hydrogen (secondary N) is 1. The summed E-state index contributed by atoms with van der Waals surface area (Å²) in [6.07, 6.45) is 3.42. The molecule has 0 aliphatic rings. The molecule has 136 valence electrons. The van der Waals surface area contributed by atoms with Gasteiger partial charge in [-0.25, -0.2) is 4.39 Å². The molecule has 0 fully saturated rings. The Morgan fingerprint density at radius 1 is 1.26 bits per heavy atom. The van der Waals surface area contributed by atoms with E-state index in [2.05, 4.69) is 5.32 Å². The highest BCUT2D eigenvalue weighted by Gasteiger charge is 2.11. The van der Waals surface area contributed by atoms with Crippen LogP contribution in [0.15, 0.2) is 60.3 Å². The van der Waals surface area contributed by atoms with Crippen molar-refractivity contribution in [3.8, 4) is 11.8 Å². The van der Waals surface area contributed by atoms with Crippen LogP contribution in [-0.4, -0.2) is 24.1 Å². The molecule has 0 saturated carbocycles. The van der Waals surface area contributed by atoms with Gasteiger partial charge >= 0.3 is 0 Å². The Labute approximate surface area is 156 Å². The van der Waals surface area contributed by atoms with Crippen molar-refractivity contribution in [2.24, 2.45) is 0 Å². The molecule has 0 aliphatic heterocycles. The van der Waals surface area contributed by atoms with Crippen molar-refractivity contribution in [1.29, 1.82) is 5.26 Å². The van der Waals surface area contributed by atoms with Gasteiger partial charge in [-0.3, -0.25) is 4.79 Å². The molecule has 3 rings (SSSR count). The smallest absolute Gasteiger partial charge is 0.261 e. The summed E-state index contributed by atoms with van der Waals surface area (Å²) in [5, 5.41) is 12.6. The van der Waals surface area contributed by atoms with Gasteiger partial charge in [0.1, 0.15) is 18.2 Å². The number of ether oxygens (including phenoxy) is 1. The molecule has 1 amide bonds. The average Bonchev–Trinajstić information content (AvgIpc) is 3.04. The monoisotopic (exact) mass is 363 g/mol. The number of nitrogens with zero attached hydrogens (tertiary/aromatic N) is 2. The van der Waals surface area contributed by atoms with Crippen LogP contribution in [0.2, 0.25) is 0 Å². The van der Waals surface area contributed by atoms with Crippen molar-refractivity contribution >= 4 is 22.9 Å². The molecule has 2 aromatic carbocycles. The summed E-state index contributed by atoms with van der Waals surface area (Å²) in [6.45, 7) is 0.772. The predicted molar refractivity (Wildman–Crippen MR) is 101 cm³/mol. The maximum atomic E-state index is 13.7. The largest absolute Gasteiger partial charge is 0.489 e. The molecule has 6 heteroatoms. The normalized spacial score (nSPS) is 11.2. The van der Waals surface area contributed by atoms with Gasteiger partial charge < -0.3 is 14.6 Å². The lowest BCUT2D eigenvalue weighted by Gasteiger charge is -2.08. The Morgan fingerprint density at radius 3 is 2.74 bits per heavy atom. The van der Waals surface area contributed by atoms with Gasteiger partial charge in [0.25, 0.3) is 5.91 Å². The highest BCUT2D eigenvalue weighted by Crippen LogP contribution is 2.24. The zero-order valence-corrected chi connectivity index (χ0v) is 14.8. The topological polar surface area (TPSA) is 67.0 Å². The number of nitriles is 1. The lowest BCUT2D eigenvalue weighted by atomic mass is 10.1. The molecule has 0 bridgehead atoms. The average molecular weight is 363 g/mol. The summed E-state index contributed by atoms with van der Waals surface area (Å²) in [5.74, 6) is -0.625. The molecule has 1 aromatic heterocycles. The van der Waals surface area contributed by atoms with Crippen molar-refractivity contribution in [2.45, 2.75) is 6.54 Å². The first kappa shape index (κ1) is 18.2. The standard InChI is InChI=1S/C21H18FN3O2/c1-24-21(26)15(13-23)12-16-14-25(19-8-4-2-6-17(16)19)10-11-27-20-9-5-3-7-18(20)22/h2-9,12,14H,10-11H2,1H3,(H,24,26)/b15-12-. The van der Waals surface area contributed by atoms with Crippen LogP contribution < -0.4 is 10.1 Å². The maximum Gasteiger partial charge on any atom is 0.261 e. The molecule has 3 aromatic rings. The minimum atomic E-state index is -0.433. The number of hydrogen-bond acceptors (Lipinski definition) is 3. The van der Waals surface area contributed by atoms with Crippen LogP contribution in [0.25, 0.3) is 17.0 Å². The van der Waals surface area contributed by atoms with E-state index < -0.39 is 11.7 Å². The fourth-order valence-corrected chi connectivity index (χ4v) is 2.83. The number of likely N-dealkylation sites (N-methyl/N-ethyl adjacent to an activating group) is 1. The fraction of sp³-hybridized carbons (Fsp3) is 0.143. The van der Waals surface area contributed by atoms with Crippen LogP contribution in [0.3, 0.4) is 0 Å². The van der Waals surface area contributed by atoms with E-state index in [1.165, 1.54) is 13.1 Å². The third-order valence-electron chi connectivity index (χ3n) is 4.14. The Morgan fingerprint density at radius 2 is 2.00 bits per heavy atom. The molecule has 0 atom stereocenters. The van der Waals surface area contributed by atoms with Crippen molar-refractivity contribution in [3.05, 3.63) is 71.7 Å². The third kappa shape index (κ3) is 3.98. The minimum absolute atomic E-state index is 0.0306. The first-order valence-corrected chi connectivity index (χ1v) is 8.43. The number of carbonyl (C=O) groups is 1. The Hall–Kier alpha value is -3.59. The fourth-order valence-electron chi connectivity index (χ4n) is 2.83. The third-order valence-corrected chi connectivity index (χ3v) is 4.14. The summed E-state index contributed by atoms with van der Waals surface area (Å²) < 4.78 is 21.1. The molecule has 1 N–H and O–H groups in total. The SMILES string of the molecule is CNC(=O)/C(C#N)=C\c1cn(CCOc2ccccc2F)c2ccccc12. The molecule has 0 aliphatic carbocycles. The highest BCUT2D eigenvalue weighted by molar-refractivity contribution is 6.03. The van der Waals surface area contributed by atoms with E-state index in [4.69, 9.17) is 4.74 Å². The number of benzene rings is 2. The van der Waals surface area contributed by atoms with Crippen LogP contribution in [0.5, 0.6) is 5.75 Å². The summed E-state index contributed by atoms with van der Waals surface area (Å²) in [6, 6.07) is 15.9. The zero-order valence-electron chi connectivity index (χ0n) is 14.8. The number of aromatic nitrogens is 1. The van der Waals surface area contributed by atoms with Crippen molar-refractivity contribution in [1.82, 2.24) is 9.88 Å². The number of carbonyl (C=O) groups excluding carboxylic acids is 1. The number of rotatable bonds is 6. The number of fused-ring (bicyclic) bond motifs is 1. The molecule has 0 saturated heterocycles. The van der Waals surface area contributed by atoms with Crippen LogP contribution in [-0.2, 0) is 11.3 Å². The van der Waals surface area contributed by atoms with E-state index in [1.54, 1.807) is 24.3 Å². The minimum Gasteiger partial charge on any atom is -0.489 e. The molecular formula is C21H18FN3O2. The molecule has 27 heavy (non-hydrogen) atoms. The van der Waals surface area contributed by atoms with E-state index in [9.17, 15) is 14.4 Å². The van der Waals surface area contributed by atoms with Gasteiger partial charge in [0.05, 0.1) is 6.54 Å². The Balaban J connectivity index is 1.87. The van der Waals surface area contributed by atoms with Gasteiger partial charge in [-0.15, -0.1) is 0 Å². The van der Waals surface area contributed by atoms with E-state index in [0.29, 0.717) is 6.54 Å². The lowest BCUT2D eigenvalue weighted by Crippen LogP contribution is -2.19. The molecule has 0 radical (unpaired) electrons. The lowest BCUT2D eigenvalue weighted by molar-refractivity contribution is -0.116. The van der Waals surface area contributed by atoms with Crippen molar-refractivity contribution in [3.63, 3.8) is 0 Å². The number of hydrogen-bond donors (Lipinski definition) is 1. The second-order valence-corrected chi connectivity index (χ2v) is 5.82. The van der Waals surface area contributed by atoms with E-state index >= 15 is 0 Å². The second kappa shape index (κ2) is 8.19. The summed E-state index contributed by atoms with van der Waals surface area (Å²) in [7, 11) is 1.48. The van der Waals surface area contributed by atoms with E-state index in [0.717, 1.165) is 16.5 Å². The van der Waals surface area contributed by atoms with Gasteiger partial charge in [0, 0.05) is 29.7 Å². The van der Waals surface area contributed by atoms with Gasteiger partial charge in [-0.1, -0.05) is 30.3 Å². The van der Waals surface area contributed by atoms with Crippen molar-refractivity contribution in [2.75, 3.05) is 13.7 Å². The summed E-state index contributed by atoms with van der Waals surface area (Å²) in [4.78, 5) is 11.8. The van der Waals surface area contributed by atoms with Crippen molar-refractivity contribution < 1.29 is 13.9 Å². The van der Waals surface area contributed by atoms with Gasteiger partial charge in [-0.05, 0) is 24.3 Å². The first-order chi connectivity index (χ1) is 13.1. The van der Waals surface area contributed by atoms with Crippen LogP contribution >= 0.6 is 0 Å². The second-order valence-electron chi connectivity index (χ2n) is 5.82. The van der Waals surface area contributed by atoms with Gasteiger partial charge in [0.15, 0.2) is 11.6 Å². The number of para-hydroxylation sites is 2. The zero-order chi connectivity index (χ0) is 19.2. The molecule has 1 heterocycles. The van der Waals surface area contributed by atoms with Crippen LogP contribution in [0, 0.1) is 17.1 Å². The summed E-state index contributed by atoms with van der Waals surface area (Å²) in [5.41, 5.74) is 1.73. The van der Waals surface area contributed by atoms with E-state index in [-0.39, 0.29) is 17.9 Å². The molecule has 0 spiro atoms. The predicted octanol–water partition coefficient (Wildman–Crippen LogP) is 3.51. The Kier molecular flexibility index (Phi) is 5.53. The van der Waals surface area contributed by atoms with Crippen LogP contribution in [0.4, 0.5) is 4.39 Å². The van der Waals surface area contributed by atoms with E-state index in [1.807, 2.05) is 41.1 Å². The van der Waals surface area contributed by atoms with Gasteiger partial charge in [-0.2, -0.15) is 5.26 Å². The highest BCUT2D eigenvalue weighted by atomic mass is 19.1. The van der Waals surface area contributed by atoms with Crippen LogP contribution in [0.1, 0.15) is 5.56 Å². The first-order valence-electron chi connectivity index (χ1n) is 8.43. The number of halogens is 1. The number of amides is 1. The maximum absolute atomic E-state index is 13.7. The van der Waals surface area contributed by atoms with Gasteiger partial charge in [0.2, 0.25) is 0 Å². The quantitative estimate of drug-likeness (QED) is 0.538. The summed E-state index contributed by atoms with van der Waals surface area (Å²) >= 11 is 0. The molecular weight excluding hydrogens is 345 g/mol.